The summed E-state index contributed by atoms with van der Waals surface area (Å²) in [6, 6.07) is 7.26. The van der Waals surface area contributed by atoms with Crippen LogP contribution in [0.1, 0.15) is 0 Å². The summed E-state index contributed by atoms with van der Waals surface area (Å²) in [4.78, 5) is 9.61. The molecule has 0 saturated carbocycles. The zero-order valence-electron chi connectivity index (χ0n) is 7.25. The highest BCUT2D eigenvalue weighted by atomic mass is 15.1. The van der Waals surface area contributed by atoms with Gasteiger partial charge in [0, 0.05) is 10.6 Å². The van der Waals surface area contributed by atoms with Crippen molar-refractivity contribution < 1.29 is 0 Å². The lowest BCUT2D eigenvalue weighted by Crippen LogP contribution is -1.74. The molecule has 2 rings (SSSR count). The van der Waals surface area contributed by atoms with Gasteiger partial charge in [0.25, 0.3) is 0 Å². The number of H-pyrrole nitrogens is 1. The van der Waals surface area contributed by atoms with Crippen molar-refractivity contribution in [2.45, 2.75) is 0 Å². The second-order valence-corrected chi connectivity index (χ2v) is 2.70. The van der Waals surface area contributed by atoms with Crippen LogP contribution in [0.3, 0.4) is 0 Å². The topological polar surface area (TPSA) is 77.4 Å². The van der Waals surface area contributed by atoms with E-state index in [9.17, 15) is 0 Å². The van der Waals surface area contributed by atoms with Gasteiger partial charge in [-0.1, -0.05) is 29.4 Å². The van der Waals surface area contributed by atoms with Gasteiger partial charge < -0.3 is 4.98 Å². The van der Waals surface area contributed by atoms with Crippen molar-refractivity contribution in [2.75, 3.05) is 0 Å². The number of rotatable bonds is 2. The number of nitrogens with zero attached hydrogens (tertiary/aromatic N) is 4. The van der Waals surface area contributed by atoms with Crippen molar-refractivity contribution in [3.63, 3.8) is 0 Å². The largest absolute Gasteiger partial charge is 0.345 e. The van der Waals surface area contributed by atoms with Gasteiger partial charge in [0.2, 0.25) is 0 Å². The van der Waals surface area contributed by atoms with Crippen LogP contribution in [0.25, 0.3) is 21.7 Å². The molecule has 0 bridgehead atoms. The molecule has 0 fully saturated rings. The zero-order valence-corrected chi connectivity index (χ0v) is 7.25. The van der Waals surface area contributed by atoms with Gasteiger partial charge in [-0.15, -0.1) is 0 Å². The van der Waals surface area contributed by atoms with Crippen molar-refractivity contribution >= 4 is 5.69 Å². The van der Waals surface area contributed by atoms with Gasteiger partial charge in [-0.05, 0) is 11.1 Å². The van der Waals surface area contributed by atoms with Crippen LogP contribution in [0.4, 0.5) is 5.69 Å². The lowest BCUT2D eigenvalue weighted by atomic mass is 10.1. The summed E-state index contributed by atoms with van der Waals surface area (Å²) < 4.78 is 0. The molecule has 0 unspecified atom stereocenters. The van der Waals surface area contributed by atoms with Crippen LogP contribution in [0.15, 0.2) is 41.9 Å². The number of azide groups is 1. The minimum absolute atomic E-state index is 0.607. The Morgan fingerprint density at radius 1 is 1.29 bits per heavy atom. The van der Waals surface area contributed by atoms with E-state index >= 15 is 0 Å². The molecule has 1 N–H and O–H groups in total. The molecule has 0 amide bonds. The minimum atomic E-state index is 0.607. The lowest BCUT2D eigenvalue weighted by Gasteiger charge is -1.96. The second kappa shape index (κ2) is 3.64. The molecule has 0 saturated heterocycles. The Hall–Kier alpha value is -2.26. The number of hydrogen-bond acceptors (Lipinski definition) is 2. The Morgan fingerprint density at radius 2 is 2.07 bits per heavy atom. The van der Waals surface area contributed by atoms with E-state index in [0.717, 1.165) is 11.3 Å². The number of benzene rings is 1. The van der Waals surface area contributed by atoms with E-state index in [1.54, 1.807) is 24.7 Å². The van der Waals surface area contributed by atoms with Crippen LogP contribution in [0.5, 0.6) is 0 Å². The quantitative estimate of drug-likeness (QED) is 0.435. The van der Waals surface area contributed by atoms with Crippen molar-refractivity contribution in [1.82, 2.24) is 9.97 Å². The highest BCUT2D eigenvalue weighted by Crippen LogP contribution is 2.20. The normalized spacial score (nSPS) is 9.43. The average molecular weight is 185 g/mol. The predicted octanol–water partition coefficient (Wildman–Crippen LogP) is 3.02. The van der Waals surface area contributed by atoms with Crippen molar-refractivity contribution in [3.8, 4) is 11.3 Å². The van der Waals surface area contributed by atoms with Crippen LogP contribution >= 0.6 is 0 Å². The van der Waals surface area contributed by atoms with Crippen LogP contribution in [0, 0.1) is 0 Å². The Kier molecular flexibility index (Phi) is 2.17. The molecular formula is C9H7N5. The summed E-state index contributed by atoms with van der Waals surface area (Å²) in [5.41, 5.74) is 10.8. The fourth-order valence-corrected chi connectivity index (χ4v) is 1.17. The average Bonchev–Trinajstić information content (AvgIpc) is 2.72. The van der Waals surface area contributed by atoms with Gasteiger partial charge in [0.1, 0.15) is 0 Å². The number of aromatic nitrogens is 2. The third-order valence-electron chi connectivity index (χ3n) is 1.84. The van der Waals surface area contributed by atoms with Gasteiger partial charge in [-0.25, -0.2) is 4.98 Å². The number of imidazole rings is 1. The molecule has 0 aliphatic rings. The van der Waals surface area contributed by atoms with Gasteiger partial charge in [0.15, 0.2) is 0 Å². The number of aromatic amines is 1. The van der Waals surface area contributed by atoms with Crippen LogP contribution < -0.4 is 0 Å². The lowest BCUT2D eigenvalue weighted by molar-refractivity contribution is 1.31. The Labute approximate surface area is 80.1 Å². The van der Waals surface area contributed by atoms with E-state index < -0.39 is 0 Å². The van der Waals surface area contributed by atoms with E-state index in [0.29, 0.717) is 5.69 Å². The van der Waals surface area contributed by atoms with Gasteiger partial charge in [0.05, 0.1) is 18.2 Å². The molecule has 1 aromatic carbocycles. The third-order valence-corrected chi connectivity index (χ3v) is 1.84. The second-order valence-electron chi connectivity index (χ2n) is 2.70. The summed E-state index contributed by atoms with van der Waals surface area (Å²) in [7, 11) is 0. The summed E-state index contributed by atoms with van der Waals surface area (Å²) in [6.07, 6.45) is 3.36. The standard InChI is InChI=1S/C9H7N5/c10-14-13-8-3-1-7(2-4-8)9-5-11-6-12-9/h1-6H,(H,11,12). The molecule has 5 nitrogen and oxygen atoms in total. The van der Waals surface area contributed by atoms with E-state index in [4.69, 9.17) is 5.53 Å². The number of hydrogen-bond donors (Lipinski definition) is 1. The summed E-state index contributed by atoms with van der Waals surface area (Å²) in [5, 5.41) is 3.48. The molecule has 5 heteroatoms. The first-order valence-electron chi connectivity index (χ1n) is 4.04. The van der Waals surface area contributed by atoms with Gasteiger partial charge in [-0.3, -0.25) is 0 Å². The number of nitrogens with one attached hydrogen (secondary N) is 1. The zero-order chi connectivity index (χ0) is 9.80. The molecule has 1 heterocycles. The highest BCUT2D eigenvalue weighted by Gasteiger charge is 1.97. The van der Waals surface area contributed by atoms with E-state index in [2.05, 4.69) is 20.0 Å². The SMILES string of the molecule is [N-]=[N+]=Nc1ccc(-c2cnc[nH]2)cc1. The molecule has 2 aromatic rings. The molecule has 0 aliphatic carbocycles. The maximum Gasteiger partial charge on any atom is 0.0924 e. The van der Waals surface area contributed by atoms with Crippen LogP contribution in [-0.2, 0) is 0 Å². The molecule has 1 aromatic heterocycles. The molecule has 14 heavy (non-hydrogen) atoms. The Balaban J connectivity index is 2.35. The van der Waals surface area contributed by atoms with Crippen LogP contribution in [0.2, 0.25) is 0 Å². The van der Waals surface area contributed by atoms with Crippen LogP contribution in [-0.4, -0.2) is 9.97 Å². The van der Waals surface area contributed by atoms with Crippen molar-refractivity contribution in [1.29, 1.82) is 0 Å². The predicted molar refractivity (Wildman–Crippen MR) is 52.8 cm³/mol. The summed E-state index contributed by atoms with van der Waals surface area (Å²) in [6.45, 7) is 0. The van der Waals surface area contributed by atoms with E-state index in [1.165, 1.54) is 0 Å². The van der Waals surface area contributed by atoms with E-state index in [1.807, 2.05) is 12.1 Å². The molecule has 0 spiro atoms. The summed E-state index contributed by atoms with van der Waals surface area (Å²) in [5.74, 6) is 0. The molecule has 0 atom stereocenters. The minimum Gasteiger partial charge on any atom is -0.345 e. The maximum absolute atomic E-state index is 8.22. The first kappa shape index (κ1) is 8.34. The maximum atomic E-state index is 8.22. The molecule has 68 valence electrons. The molecular weight excluding hydrogens is 178 g/mol. The smallest absolute Gasteiger partial charge is 0.0924 e. The monoisotopic (exact) mass is 185 g/mol. The molecule has 0 radical (unpaired) electrons. The highest BCUT2D eigenvalue weighted by molar-refractivity contribution is 5.60. The van der Waals surface area contributed by atoms with Crippen molar-refractivity contribution in [3.05, 3.63) is 47.2 Å². The first-order chi connectivity index (χ1) is 6.90. The Morgan fingerprint density at radius 3 is 2.64 bits per heavy atom. The fraction of sp³-hybridized carbons (Fsp3) is 0. The fourth-order valence-electron chi connectivity index (χ4n) is 1.17. The first-order valence-corrected chi connectivity index (χ1v) is 4.04. The van der Waals surface area contributed by atoms with E-state index in [-0.39, 0.29) is 0 Å². The summed E-state index contributed by atoms with van der Waals surface area (Å²) >= 11 is 0. The van der Waals surface area contributed by atoms with Gasteiger partial charge >= 0.3 is 0 Å². The Bertz CT molecular complexity index is 450. The van der Waals surface area contributed by atoms with Gasteiger partial charge in [-0.2, -0.15) is 0 Å². The third kappa shape index (κ3) is 1.57. The van der Waals surface area contributed by atoms with Crippen molar-refractivity contribution in [2.24, 2.45) is 5.11 Å². The molecule has 0 aliphatic heterocycles.